The first-order valence-electron chi connectivity index (χ1n) is 7.62. The van der Waals surface area contributed by atoms with Crippen LogP contribution < -0.4 is 4.72 Å². The van der Waals surface area contributed by atoms with Crippen molar-refractivity contribution in [3.05, 3.63) is 78.1 Å². The molecule has 0 radical (unpaired) electrons. The van der Waals surface area contributed by atoms with Crippen LogP contribution in [0.2, 0.25) is 0 Å². The number of nitrogens with zero attached hydrogens (tertiary/aromatic N) is 2. The minimum atomic E-state index is -3.70. The molecule has 7 heteroatoms. The van der Waals surface area contributed by atoms with Crippen LogP contribution in [0.5, 0.6) is 0 Å². The Bertz CT molecular complexity index is 944. The van der Waals surface area contributed by atoms with E-state index in [1.807, 2.05) is 18.2 Å². The molecule has 0 unspecified atom stereocenters. The normalized spacial score (nSPS) is 11.2. The van der Waals surface area contributed by atoms with Crippen LogP contribution in [0.15, 0.2) is 76.7 Å². The molecule has 0 atom stereocenters. The number of rotatable bonds is 6. The molecular formula is C18H17N3O2S2. The van der Waals surface area contributed by atoms with Crippen molar-refractivity contribution in [2.75, 3.05) is 4.72 Å². The summed E-state index contributed by atoms with van der Waals surface area (Å²) in [6.07, 6.45) is 1.52. The largest absolute Gasteiger partial charge is 0.264 e. The first kappa shape index (κ1) is 17.4. The lowest BCUT2D eigenvalue weighted by molar-refractivity contribution is 0.600. The Kier molecular flexibility index (Phi) is 5.35. The van der Waals surface area contributed by atoms with Gasteiger partial charge in [-0.25, -0.2) is 23.1 Å². The average molecular weight is 371 g/mol. The summed E-state index contributed by atoms with van der Waals surface area (Å²) in [6, 6.07) is 18.6. The van der Waals surface area contributed by atoms with Crippen molar-refractivity contribution in [1.29, 1.82) is 0 Å². The SMILES string of the molecule is Cc1ccnc(NS(=O)(=O)c2ccc(SCc3ccccc3)cc2)n1. The molecule has 0 spiro atoms. The van der Waals surface area contributed by atoms with E-state index in [0.29, 0.717) is 5.69 Å². The van der Waals surface area contributed by atoms with Gasteiger partial charge in [-0.3, -0.25) is 0 Å². The second-order valence-corrected chi connectivity index (χ2v) is 8.10. The van der Waals surface area contributed by atoms with Crippen LogP contribution in [-0.4, -0.2) is 18.4 Å². The molecule has 3 rings (SSSR count). The number of anilines is 1. The minimum Gasteiger partial charge on any atom is -0.247 e. The second-order valence-electron chi connectivity index (χ2n) is 5.37. The molecule has 0 saturated carbocycles. The number of hydrogen-bond donors (Lipinski definition) is 1. The number of hydrogen-bond acceptors (Lipinski definition) is 5. The monoisotopic (exact) mass is 371 g/mol. The Hall–Kier alpha value is -2.38. The maximum Gasteiger partial charge on any atom is 0.264 e. The summed E-state index contributed by atoms with van der Waals surface area (Å²) in [5, 5.41) is 0. The van der Waals surface area contributed by atoms with Gasteiger partial charge >= 0.3 is 0 Å². The Morgan fingerprint density at radius 2 is 1.72 bits per heavy atom. The van der Waals surface area contributed by atoms with Crippen LogP contribution in [0.1, 0.15) is 11.3 Å². The van der Waals surface area contributed by atoms with Crippen LogP contribution in [0.25, 0.3) is 0 Å². The highest BCUT2D eigenvalue weighted by molar-refractivity contribution is 7.98. The number of benzene rings is 2. The van der Waals surface area contributed by atoms with Gasteiger partial charge in [-0.05, 0) is 42.8 Å². The molecular weight excluding hydrogens is 354 g/mol. The molecule has 1 heterocycles. The van der Waals surface area contributed by atoms with Gasteiger partial charge in [0, 0.05) is 22.5 Å². The summed E-state index contributed by atoms with van der Waals surface area (Å²) in [5.74, 6) is 0.907. The number of aromatic nitrogens is 2. The van der Waals surface area contributed by atoms with Crippen molar-refractivity contribution in [2.24, 2.45) is 0 Å². The van der Waals surface area contributed by atoms with E-state index in [2.05, 4.69) is 26.8 Å². The van der Waals surface area contributed by atoms with Crippen LogP contribution in [-0.2, 0) is 15.8 Å². The molecule has 0 aliphatic carbocycles. The zero-order valence-electron chi connectivity index (χ0n) is 13.6. The smallest absolute Gasteiger partial charge is 0.247 e. The fourth-order valence-electron chi connectivity index (χ4n) is 2.13. The lowest BCUT2D eigenvalue weighted by atomic mass is 10.2. The average Bonchev–Trinajstić information content (AvgIpc) is 2.61. The molecule has 128 valence electrons. The Balaban J connectivity index is 1.68. The molecule has 1 aromatic heterocycles. The highest BCUT2D eigenvalue weighted by Crippen LogP contribution is 2.24. The van der Waals surface area contributed by atoms with E-state index in [0.717, 1.165) is 10.6 Å². The minimum absolute atomic E-state index is 0.0718. The van der Waals surface area contributed by atoms with Gasteiger partial charge in [0.05, 0.1) is 4.90 Å². The zero-order valence-corrected chi connectivity index (χ0v) is 15.2. The van der Waals surface area contributed by atoms with Crippen LogP contribution in [0.4, 0.5) is 5.95 Å². The highest BCUT2D eigenvalue weighted by Gasteiger charge is 2.15. The number of nitrogens with one attached hydrogen (secondary N) is 1. The summed E-state index contributed by atoms with van der Waals surface area (Å²) >= 11 is 1.66. The Labute approximate surface area is 151 Å². The van der Waals surface area contributed by atoms with E-state index in [4.69, 9.17) is 0 Å². The summed E-state index contributed by atoms with van der Waals surface area (Å²) in [7, 11) is -3.70. The number of sulfonamides is 1. The third kappa shape index (κ3) is 4.80. The maximum atomic E-state index is 12.4. The molecule has 5 nitrogen and oxygen atoms in total. The standard InChI is InChI=1S/C18H17N3O2S2/c1-14-11-12-19-18(20-14)21-25(22,23)17-9-7-16(8-10-17)24-13-15-5-3-2-4-6-15/h2-12H,13H2,1H3,(H,19,20,21). The molecule has 0 fully saturated rings. The summed E-state index contributed by atoms with van der Waals surface area (Å²) in [4.78, 5) is 9.18. The molecule has 0 saturated heterocycles. The van der Waals surface area contributed by atoms with Gasteiger partial charge in [0.15, 0.2) is 0 Å². The Morgan fingerprint density at radius 1 is 1.00 bits per heavy atom. The van der Waals surface area contributed by atoms with Crippen molar-refractivity contribution in [3.8, 4) is 0 Å². The van der Waals surface area contributed by atoms with Crippen molar-refractivity contribution in [1.82, 2.24) is 9.97 Å². The topological polar surface area (TPSA) is 72.0 Å². The van der Waals surface area contributed by atoms with E-state index in [9.17, 15) is 8.42 Å². The Morgan fingerprint density at radius 3 is 2.40 bits per heavy atom. The lowest BCUT2D eigenvalue weighted by Crippen LogP contribution is -2.15. The van der Waals surface area contributed by atoms with Gasteiger partial charge in [-0.2, -0.15) is 0 Å². The third-order valence-electron chi connectivity index (χ3n) is 3.40. The molecule has 2 aromatic carbocycles. The van der Waals surface area contributed by atoms with Crippen molar-refractivity contribution in [3.63, 3.8) is 0 Å². The van der Waals surface area contributed by atoms with E-state index >= 15 is 0 Å². The third-order valence-corrected chi connectivity index (χ3v) is 5.83. The first-order chi connectivity index (χ1) is 12.0. The maximum absolute atomic E-state index is 12.4. The zero-order chi connectivity index (χ0) is 17.7. The summed E-state index contributed by atoms with van der Waals surface area (Å²) in [6.45, 7) is 1.78. The predicted molar refractivity (Wildman–Crippen MR) is 100 cm³/mol. The fourth-order valence-corrected chi connectivity index (χ4v) is 3.94. The first-order valence-corrected chi connectivity index (χ1v) is 10.1. The van der Waals surface area contributed by atoms with Gasteiger partial charge in [0.25, 0.3) is 10.0 Å². The van der Waals surface area contributed by atoms with Crippen LogP contribution in [0, 0.1) is 6.92 Å². The fraction of sp³-hybridized carbons (Fsp3) is 0.111. The molecule has 0 aliphatic rings. The molecule has 0 amide bonds. The van der Waals surface area contributed by atoms with E-state index in [1.54, 1.807) is 49.0 Å². The molecule has 25 heavy (non-hydrogen) atoms. The van der Waals surface area contributed by atoms with E-state index in [1.165, 1.54) is 11.8 Å². The lowest BCUT2D eigenvalue weighted by Gasteiger charge is -2.08. The quantitative estimate of drug-likeness (QED) is 0.666. The van der Waals surface area contributed by atoms with Crippen molar-refractivity contribution >= 4 is 27.7 Å². The summed E-state index contributed by atoms with van der Waals surface area (Å²) in [5.41, 5.74) is 1.92. The molecule has 0 bridgehead atoms. The van der Waals surface area contributed by atoms with Gasteiger partial charge in [0.1, 0.15) is 0 Å². The molecule has 1 N–H and O–H groups in total. The van der Waals surface area contributed by atoms with Crippen molar-refractivity contribution < 1.29 is 8.42 Å². The van der Waals surface area contributed by atoms with E-state index < -0.39 is 10.0 Å². The predicted octanol–water partition coefficient (Wildman–Crippen LogP) is 3.88. The van der Waals surface area contributed by atoms with E-state index in [-0.39, 0.29) is 10.8 Å². The van der Waals surface area contributed by atoms with Crippen molar-refractivity contribution in [2.45, 2.75) is 22.5 Å². The van der Waals surface area contributed by atoms with Gasteiger partial charge in [0.2, 0.25) is 5.95 Å². The van der Waals surface area contributed by atoms with Crippen LogP contribution in [0.3, 0.4) is 0 Å². The molecule has 0 aliphatic heterocycles. The van der Waals surface area contributed by atoms with Gasteiger partial charge in [-0.1, -0.05) is 30.3 Å². The number of thioether (sulfide) groups is 1. The van der Waals surface area contributed by atoms with Gasteiger partial charge in [-0.15, -0.1) is 11.8 Å². The summed E-state index contributed by atoms with van der Waals surface area (Å²) < 4.78 is 27.2. The second kappa shape index (κ2) is 7.67. The van der Waals surface area contributed by atoms with Gasteiger partial charge < -0.3 is 0 Å². The highest BCUT2D eigenvalue weighted by atomic mass is 32.2. The number of aryl methyl sites for hydroxylation is 1. The molecule has 3 aromatic rings. The van der Waals surface area contributed by atoms with Crippen LogP contribution >= 0.6 is 11.8 Å².